The van der Waals surface area contributed by atoms with Crippen LogP contribution in [0.5, 0.6) is 11.5 Å². The normalized spacial score (nSPS) is 15.0. The molecule has 1 aliphatic heterocycles. The molecule has 158 valence electrons. The number of benzene rings is 2. The zero-order valence-electron chi connectivity index (χ0n) is 17.9. The fourth-order valence-electron chi connectivity index (χ4n) is 3.90. The predicted octanol–water partition coefficient (Wildman–Crippen LogP) is 4.37. The Morgan fingerprint density at radius 3 is 2.81 bits per heavy atom. The molecule has 31 heavy (non-hydrogen) atoms. The topological polar surface area (TPSA) is 65.4 Å². The molecule has 0 saturated heterocycles. The molecule has 4 rings (SSSR count). The van der Waals surface area contributed by atoms with Gasteiger partial charge in [-0.3, -0.25) is 4.79 Å². The fraction of sp³-hybridized carbons (Fsp3) is 0.280. The predicted molar refractivity (Wildman–Crippen MR) is 120 cm³/mol. The standard InChI is InChI=1S/C25H25N3O3/c1-5-11-31-22-10-9-18(13-23(22)30-6-2)19-14-24(29)27-25-20(19)15-26-28(25)21-12-16(3)7-8-17(21)4/h1,7-10,12-13,15,19H,6,11,14H2,2-4H3,(H,27,29). The van der Waals surface area contributed by atoms with Crippen molar-refractivity contribution in [1.29, 1.82) is 0 Å². The van der Waals surface area contributed by atoms with Crippen molar-refractivity contribution in [3.8, 4) is 29.5 Å². The summed E-state index contributed by atoms with van der Waals surface area (Å²) >= 11 is 0. The Labute approximate surface area is 182 Å². The van der Waals surface area contributed by atoms with E-state index in [1.807, 2.05) is 49.8 Å². The van der Waals surface area contributed by atoms with Gasteiger partial charge in [0, 0.05) is 17.9 Å². The van der Waals surface area contributed by atoms with E-state index in [0.29, 0.717) is 30.3 Å². The van der Waals surface area contributed by atoms with E-state index in [4.69, 9.17) is 15.9 Å². The van der Waals surface area contributed by atoms with Crippen molar-refractivity contribution in [2.45, 2.75) is 33.1 Å². The van der Waals surface area contributed by atoms with Gasteiger partial charge in [0.25, 0.3) is 0 Å². The number of anilines is 1. The van der Waals surface area contributed by atoms with Crippen LogP contribution in [0.2, 0.25) is 0 Å². The monoisotopic (exact) mass is 415 g/mol. The number of aryl methyl sites for hydroxylation is 2. The van der Waals surface area contributed by atoms with Crippen molar-refractivity contribution < 1.29 is 14.3 Å². The van der Waals surface area contributed by atoms with Crippen molar-refractivity contribution in [1.82, 2.24) is 9.78 Å². The molecule has 1 unspecified atom stereocenters. The third-order valence-electron chi connectivity index (χ3n) is 5.39. The van der Waals surface area contributed by atoms with Crippen LogP contribution in [0.3, 0.4) is 0 Å². The van der Waals surface area contributed by atoms with Gasteiger partial charge in [-0.15, -0.1) is 6.42 Å². The average molecular weight is 415 g/mol. The van der Waals surface area contributed by atoms with Crippen molar-refractivity contribution in [2.24, 2.45) is 0 Å². The molecule has 0 saturated carbocycles. The van der Waals surface area contributed by atoms with Crippen molar-refractivity contribution >= 4 is 11.7 Å². The molecular formula is C25H25N3O3. The first kappa shape index (κ1) is 20.5. The maximum absolute atomic E-state index is 12.6. The summed E-state index contributed by atoms with van der Waals surface area (Å²) < 4.78 is 13.2. The highest BCUT2D eigenvalue weighted by atomic mass is 16.5. The number of terminal acetylenes is 1. The highest BCUT2D eigenvalue weighted by molar-refractivity contribution is 5.94. The zero-order chi connectivity index (χ0) is 22.0. The lowest BCUT2D eigenvalue weighted by Crippen LogP contribution is -2.24. The molecule has 3 aromatic rings. The van der Waals surface area contributed by atoms with Crippen molar-refractivity contribution in [2.75, 3.05) is 18.5 Å². The van der Waals surface area contributed by atoms with Gasteiger partial charge in [-0.2, -0.15) is 5.10 Å². The van der Waals surface area contributed by atoms with Gasteiger partial charge in [-0.1, -0.05) is 24.1 Å². The largest absolute Gasteiger partial charge is 0.490 e. The Kier molecular flexibility index (Phi) is 5.68. The number of amides is 1. The second-order valence-corrected chi connectivity index (χ2v) is 7.59. The summed E-state index contributed by atoms with van der Waals surface area (Å²) in [5, 5.41) is 7.64. The van der Waals surface area contributed by atoms with Gasteiger partial charge in [-0.25, -0.2) is 4.68 Å². The summed E-state index contributed by atoms with van der Waals surface area (Å²) in [4.78, 5) is 12.6. The number of rotatable bonds is 6. The number of hydrogen-bond acceptors (Lipinski definition) is 4. The fourth-order valence-corrected chi connectivity index (χ4v) is 3.90. The van der Waals surface area contributed by atoms with Gasteiger partial charge in [0.1, 0.15) is 12.4 Å². The molecular weight excluding hydrogens is 390 g/mol. The molecule has 0 spiro atoms. The Bertz CT molecular complexity index is 1170. The van der Waals surface area contributed by atoms with E-state index in [9.17, 15) is 4.79 Å². The quantitative estimate of drug-likeness (QED) is 0.607. The van der Waals surface area contributed by atoms with Crippen LogP contribution < -0.4 is 14.8 Å². The SMILES string of the molecule is C#CCOc1ccc(C2CC(=O)Nc3c2cnn3-c2cc(C)ccc2C)cc1OCC. The summed E-state index contributed by atoms with van der Waals surface area (Å²) in [6.45, 7) is 6.65. The Balaban J connectivity index is 1.77. The maximum atomic E-state index is 12.6. The first-order chi connectivity index (χ1) is 15.0. The maximum Gasteiger partial charge on any atom is 0.226 e. The van der Waals surface area contributed by atoms with Gasteiger partial charge < -0.3 is 14.8 Å². The zero-order valence-corrected chi connectivity index (χ0v) is 17.9. The number of hydrogen-bond donors (Lipinski definition) is 1. The molecule has 6 heteroatoms. The first-order valence-electron chi connectivity index (χ1n) is 10.3. The number of carbonyl (C=O) groups is 1. The summed E-state index contributed by atoms with van der Waals surface area (Å²) in [7, 11) is 0. The van der Waals surface area contributed by atoms with Crippen molar-refractivity contribution in [3.63, 3.8) is 0 Å². The molecule has 0 aliphatic carbocycles. The smallest absolute Gasteiger partial charge is 0.226 e. The third-order valence-corrected chi connectivity index (χ3v) is 5.39. The van der Waals surface area contributed by atoms with Crippen LogP contribution in [0, 0.1) is 26.2 Å². The molecule has 1 aliphatic rings. The molecule has 6 nitrogen and oxygen atoms in total. The molecule has 2 heterocycles. The lowest BCUT2D eigenvalue weighted by atomic mass is 9.87. The molecule has 1 N–H and O–H groups in total. The Morgan fingerprint density at radius 2 is 2.03 bits per heavy atom. The molecule has 0 fully saturated rings. The van der Waals surface area contributed by atoms with Gasteiger partial charge in [0.05, 0.1) is 18.5 Å². The molecule has 1 aromatic heterocycles. The van der Waals surface area contributed by atoms with E-state index in [-0.39, 0.29) is 18.4 Å². The first-order valence-corrected chi connectivity index (χ1v) is 10.3. The van der Waals surface area contributed by atoms with E-state index in [1.165, 1.54) is 0 Å². The Hall–Kier alpha value is -3.72. The number of nitrogens with zero attached hydrogens (tertiary/aromatic N) is 2. The van der Waals surface area contributed by atoms with Gasteiger partial charge in [-0.05, 0) is 55.7 Å². The molecule has 1 amide bonds. The van der Waals surface area contributed by atoms with Crippen LogP contribution >= 0.6 is 0 Å². The number of fused-ring (bicyclic) bond motifs is 1. The van der Waals surface area contributed by atoms with Crippen LogP contribution in [-0.2, 0) is 4.79 Å². The number of aromatic nitrogens is 2. The molecule has 0 radical (unpaired) electrons. The van der Waals surface area contributed by atoms with Gasteiger partial charge in [0.15, 0.2) is 11.5 Å². The van der Waals surface area contributed by atoms with E-state index < -0.39 is 0 Å². The second kappa shape index (κ2) is 8.57. The summed E-state index contributed by atoms with van der Waals surface area (Å²) in [5.41, 5.74) is 5.11. The second-order valence-electron chi connectivity index (χ2n) is 7.59. The van der Waals surface area contributed by atoms with Gasteiger partial charge in [0.2, 0.25) is 5.91 Å². The summed E-state index contributed by atoms with van der Waals surface area (Å²) in [5.74, 6) is 4.20. The minimum Gasteiger partial charge on any atom is -0.490 e. The highest BCUT2D eigenvalue weighted by Crippen LogP contribution is 2.41. The van der Waals surface area contributed by atoms with E-state index in [1.54, 1.807) is 0 Å². The summed E-state index contributed by atoms with van der Waals surface area (Å²) in [6, 6.07) is 11.9. The minimum atomic E-state index is -0.136. The molecule has 0 bridgehead atoms. The number of carbonyl (C=O) groups excluding carboxylic acids is 1. The molecule has 2 aromatic carbocycles. The summed E-state index contributed by atoms with van der Waals surface area (Å²) in [6.07, 6.45) is 7.49. The van der Waals surface area contributed by atoms with Crippen LogP contribution in [0.25, 0.3) is 5.69 Å². The van der Waals surface area contributed by atoms with Gasteiger partial charge >= 0.3 is 0 Å². The van der Waals surface area contributed by atoms with Crippen LogP contribution in [0.4, 0.5) is 5.82 Å². The van der Waals surface area contributed by atoms with E-state index >= 15 is 0 Å². The Morgan fingerprint density at radius 1 is 1.19 bits per heavy atom. The number of ether oxygens (including phenoxy) is 2. The lowest BCUT2D eigenvalue weighted by Gasteiger charge is -2.25. The minimum absolute atomic E-state index is 0.0461. The molecule has 1 atom stereocenters. The highest BCUT2D eigenvalue weighted by Gasteiger charge is 2.31. The lowest BCUT2D eigenvalue weighted by molar-refractivity contribution is -0.116. The van der Waals surface area contributed by atoms with Crippen LogP contribution in [-0.4, -0.2) is 28.9 Å². The number of nitrogens with one attached hydrogen (secondary N) is 1. The van der Waals surface area contributed by atoms with Crippen LogP contribution in [0.15, 0.2) is 42.6 Å². The van der Waals surface area contributed by atoms with Crippen molar-refractivity contribution in [3.05, 3.63) is 64.8 Å². The van der Waals surface area contributed by atoms with E-state index in [2.05, 4.69) is 34.5 Å². The van der Waals surface area contributed by atoms with E-state index in [0.717, 1.165) is 27.9 Å². The van der Waals surface area contributed by atoms with Crippen LogP contribution in [0.1, 0.15) is 41.5 Å². The average Bonchev–Trinajstić information content (AvgIpc) is 3.17. The third kappa shape index (κ3) is 3.99.